The summed E-state index contributed by atoms with van der Waals surface area (Å²) >= 11 is 3.80. The average Bonchev–Trinajstić information content (AvgIpc) is 3.85. The minimum atomic E-state index is 0.997. The van der Waals surface area contributed by atoms with E-state index in [-0.39, 0.29) is 0 Å². The zero-order valence-electron chi connectivity index (χ0n) is 24.4. The van der Waals surface area contributed by atoms with Gasteiger partial charge >= 0.3 is 0 Å². The lowest BCUT2D eigenvalue weighted by atomic mass is 10.0. The van der Waals surface area contributed by atoms with Crippen LogP contribution < -0.4 is 0 Å². The molecule has 3 nitrogen and oxygen atoms in total. The Labute approximate surface area is 270 Å². The molecule has 11 rings (SSSR count). The molecule has 11 aromatic rings. The Morgan fingerprint density at radius 3 is 2.02 bits per heavy atom. The third kappa shape index (κ3) is 3.18. The van der Waals surface area contributed by atoms with E-state index in [9.17, 15) is 0 Å². The summed E-state index contributed by atoms with van der Waals surface area (Å²) in [5, 5.41) is 7.96. The van der Waals surface area contributed by atoms with Crippen molar-refractivity contribution in [2.75, 3.05) is 0 Å². The number of hydrogen-bond acceptors (Lipinski definition) is 3. The minimum Gasteiger partial charge on any atom is -0.306 e. The molecule has 0 saturated heterocycles. The molecule has 0 aliphatic rings. The molecule has 0 bridgehead atoms. The lowest BCUT2D eigenvalue weighted by Crippen LogP contribution is -1.93. The standard InChI is InChI=1S/C41H23N3S2/c1-5-13-31-28(10-1)37(34-23-42-30-12-4-6-14-32(30)44(31)34)24-17-19-25(20-18-24)43-33-22-21-27-26-9-2-7-15-35(26)45-40(27)39(33)38-29-11-3-8-16-36(29)46-41(38)43/h1-23H. The number of thiophene rings is 2. The van der Waals surface area contributed by atoms with Crippen LogP contribution >= 0.6 is 22.7 Å². The molecule has 0 aliphatic carbocycles. The Morgan fingerprint density at radius 2 is 1.17 bits per heavy atom. The van der Waals surface area contributed by atoms with Gasteiger partial charge in [0, 0.05) is 57.7 Å². The molecule has 6 aromatic carbocycles. The van der Waals surface area contributed by atoms with Crippen LogP contribution in [-0.4, -0.2) is 14.0 Å². The second-order valence-corrected chi connectivity index (χ2v) is 14.0. The summed E-state index contributed by atoms with van der Waals surface area (Å²) in [6.07, 6.45) is 2.03. The van der Waals surface area contributed by atoms with Gasteiger partial charge in [-0.15, -0.1) is 22.7 Å². The zero-order chi connectivity index (χ0) is 29.9. The molecule has 0 N–H and O–H groups in total. The number of fused-ring (bicyclic) bond motifs is 14. The van der Waals surface area contributed by atoms with Crippen LogP contribution in [0.3, 0.4) is 0 Å². The first kappa shape index (κ1) is 24.8. The molecule has 0 amide bonds. The van der Waals surface area contributed by atoms with Crippen molar-refractivity contribution in [1.82, 2.24) is 14.0 Å². The monoisotopic (exact) mass is 621 g/mol. The van der Waals surface area contributed by atoms with E-state index >= 15 is 0 Å². The Bertz CT molecular complexity index is 3030. The fraction of sp³-hybridized carbons (Fsp3) is 0. The molecular formula is C41H23N3S2. The third-order valence-corrected chi connectivity index (χ3v) is 11.9. The highest BCUT2D eigenvalue weighted by Gasteiger charge is 2.22. The highest BCUT2D eigenvalue weighted by molar-refractivity contribution is 7.28. The van der Waals surface area contributed by atoms with E-state index in [1.807, 2.05) is 28.9 Å². The van der Waals surface area contributed by atoms with Gasteiger partial charge in [0.05, 0.1) is 33.8 Å². The van der Waals surface area contributed by atoms with Gasteiger partial charge in [-0.2, -0.15) is 0 Å². The zero-order valence-corrected chi connectivity index (χ0v) is 26.1. The number of nitrogens with zero attached hydrogens (tertiary/aromatic N) is 3. The van der Waals surface area contributed by atoms with Crippen LogP contribution in [0.15, 0.2) is 140 Å². The maximum atomic E-state index is 4.86. The topological polar surface area (TPSA) is 22.2 Å². The highest BCUT2D eigenvalue weighted by Crippen LogP contribution is 2.48. The van der Waals surface area contributed by atoms with Gasteiger partial charge in [0.15, 0.2) is 0 Å². The second kappa shape index (κ2) is 9.04. The Balaban J connectivity index is 1.19. The molecule has 0 aliphatic heterocycles. The molecule has 214 valence electrons. The van der Waals surface area contributed by atoms with Crippen molar-refractivity contribution in [2.45, 2.75) is 0 Å². The van der Waals surface area contributed by atoms with Crippen molar-refractivity contribution in [2.24, 2.45) is 0 Å². The molecule has 0 fully saturated rings. The first-order valence-corrected chi connectivity index (χ1v) is 17.1. The smallest absolute Gasteiger partial charge is 0.109 e. The molecule has 0 spiro atoms. The van der Waals surface area contributed by atoms with Gasteiger partial charge in [0.25, 0.3) is 0 Å². The SMILES string of the molecule is c1ccc2c(c1)ncc1c(-c3ccc(-n4c5ccc6c7ccccc7sc6c5c5c6ccccc6sc54)cc3)c3ccccc3n12. The Hall–Kier alpha value is -5.49. The largest absolute Gasteiger partial charge is 0.306 e. The van der Waals surface area contributed by atoms with E-state index in [0.29, 0.717) is 0 Å². The fourth-order valence-electron chi connectivity index (χ4n) is 7.62. The maximum Gasteiger partial charge on any atom is 0.109 e. The lowest BCUT2D eigenvalue weighted by Gasteiger charge is -2.09. The molecule has 0 unspecified atom stereocenters. The number of para-hydroxylation sites is 3. The summed E-state index contributed by atoms with van der Waals surface area (Å²) in [5.41, 5.74) is 9.28. The van der Waals surface area contributed by atoms with E-state index < -0.39 is 0 Å². The van der Waals surface area contributed by atoms with Crippen molar-refractivity contribution in [3.63, 3.8) is 0 Å². The first-order chi connectivity index (χ1) is 22.8. The highest BCUT2D eigenvalue weighted by atomic mass is 32.1. The summed E-state index contributed by atoms with van der Waals surface area (Å²) < 4.78 is 8.87. The van der Waals surface area contributed by atoms with E-state index in [0.717, 1.165) is 16.6 Å². The lowest BCUT2D eigenvalue weighted by molar-refractivity contribution is 1.20. The fourth-order valence-corrected chi connectivity index (χ4v) is 10.1. The van der Waals surface area contributed by atoms with Crippen LogP contribution in [0.4, 0.5) is 0 Å². The van der Waals surface area contributed by atoms with E-state index in [1.54, 1.807) is 0 Å². The van der Waals surface area contributed by atoms with Crippen molar-refractivity contribution < 1.29 is 0 Å². The van der Waals surface area contributed by atoms with Crippen LogP contribution in [0.1, 0.15) is 0 Å². The molecule has 0 atom stereocenters. The van der Waals surface area contributed by atoms with Crippen molar-refractivity contribution >= 4 is 102 Å². The molecule has 0 radical (unpaired) electrons. The summed E-state index contributed by atoms with van der Waals surface area (Å²) in [4.78, 5) is 6.15. The van der Waals surface area contributed by atoms with E-state index in [4.69, 9.17) is 4.98 Å². The van der Waals surface area contributed by atoms with Crippen molar-refractivity contribution in [1.29, 1.82) is 0 Å². The van der Waals surface area contributed by atoms with Crippen LogP contribution in [0.25, 0.3) is 95.6 Å². The molecule has 5 heterocycles. The molecule has 5 heteroatoms. The van der Waals surface area contributed by atoms with Crippen LogP contribution in [0.5, 0.6) is 0 Å². The summed E-state index contributed by atoms with van der Waals surface area (Å²) in [5.74, 6) is 0. The molecule has 0 saturated carbocycles. The molecular weight excluding hydrogens is 599 g/mol. The minimum absolute atomic E-state index is 0.997. The predicted molar refractivity (Wildman–Crippen MR) is 198 cm³/mol. The van der Waals surface area contributed by atoms with Gasteiger partial charge < -0.3 is 8.97 Å². The van der Waals surface area contributed by atoms with Gasteiger partial charge in [-0.1, -0.05) is 84.9 Å². The van der Waals surface area contributed by atoms with Crippen LogP contribution in [0, 0.1) is 0 Å². The predicted octanol–water partition coefficient (Wildman–Crippen LogP) is 12.0. The Morgan fingerprint density at radius 1 is 0.478 bits per heavy atom. The summed E-state index contributed by atoms with van der Waals surface area (Å²) in [6, 6.07) is 48.6. The van der Waals surface area contributed by atoms with Gasteiger partial charge in [0.2, 0.25) is 0 Å². The van der Waals surface area contributed by atoms with Crippen molar-refractivity contribution in [3.8, 4) is 16.8 Å². The first-order valence-electron chi connectivity index (χ1n) is 15.5. The van der Waals surface area contributed by atoms with E-state index in [2.05, 4.69) is 142 Å². The normalized spacial score (nSPS) is 12.3. The van der Waals surface area contributed by atoms with Gasteiger partial charge in [0.1, 0.15) is 4.83 Å². The van der Waals surface area contributed by atoms with Gasteiger partial charge in [-0.05, 0) is 54.1 Å². The quantitative estimate of drug-likeness (QED) is 0.188. The van der Waals surface area contributed by atoms with Crippen molar-refractivity contribution in [3.05, 3.63) is 140 Å². The van der Waals surface area contributed by atoms with Crippen LogP contribution in [-0.2, 0) is 0 Å². The Kier molecular flexibility index (Phi) is 4.87. The second-order valence-electron chi connectivity index (χ2n) is 12.0. The van der Waals surface area contributed by atoms with Gasteiger partial charge in [-0.3, -0.25) is 4.98 Å². The maximum absolute atomic E-state index is 4.86. The van der Waals surface area contributed by atoms with E-state index in [1.165, 1.54) is 79.1 Å². The number of hydrogen-bond donors (Lipinski definition) is 0. The number of aromatic nitrogens is 3. The molecule has 5 aromatic heterocycles. The average molecular weight is 622 g/mol. The molecule has 46 heavy (non-hydrogen) atoms. The van der Waals surface area contributed by atoms with Gasteiger partial charge in [-0.25, -0.2) is 0 Å². The number of rotatable bonds is 2. The van der Waals surface area contributed by atoms with Crippen LogP contribution in [0.2, 0.25) is 0 Å². The summed E-state index contributed by atoms with van der Waals surface area (Å²) in [7, 11) is 0. The third-order valence-electron chi connectivity index (χ3n) is 9.57. The summed E-state index contributed by atoms with van der Waals surface area (Å²) in [6.45, 7) is 0. The number of benzene rings is 6.